The van der Waals surface area contributed by atoms with Crippen LogP contribution < -0.4 is 10.6 Å². The van der Waals surface area contributed by atoms with Gasteiger partial charge >= 0.3 is 0 Å². The highest BCUT2D eigenvalue weighted by Gasteiger charge is 2.19. The Morgan fingerprint density at radius 1 is 1.20 bits per heavy atom. The van der Waals surface area contributed by atoms with Gasteiger partial charge in [-0.15, -0.1) is 0 Å². The van der Waals surface area contributed by atoms with Gasteiger partial charge < -0.3 is 10.6 Å². The lowest BCUT2D eigenvalue weighted by atomic mass is 10.1. The van der Waals surface area contributed by atoms with E-state index < -0.39 is 0 Å². The number of rotatable bonds is 9. The van der Waals surface area contributed by atoms with Gasteiger partial charge in [0.2, 0.25) is 5.91 Å². The molecular formula is C12H24N2O. The number of nitrogens with one attached hydrogen (secondary N) is 2. The van der Waals surface area contributed by atoms with Crippen molar-refractivity contribution in [3.8, 4) is 0 Å². The fourth-order valence-corrected chi connectivity index (χ4v) is 1.57. The normalized spacial score (nSPS) is 15.3. The second-order valence-electron chi connectivity index (χ2n) is 4.39. The lowest BCUT2D eigenvalue weighted by molar-refractivity contribution is -0.121. The summed E-state index contributed by atoms with van der Waals surface area (Å²) in [5.41, 5.74) is 0. The molecule has 0 spiro atoms. The monoisotopic (exact) mass is 212 g/mol. The molecule has 1 rings (SSSR count). The number of hydrogen-bond donors (Lipinski definition) is 2. The van der Waals surface area contributed by atoms with Crippen LogP contribution in [0.5, 0.6) is 0 Å². The molecule has 88 valence electrons. The molecule has 0 radical (unpaired) electrons. The summed E-state index contributed by atoms with van der Waals surface area (Å²) in [6.45, 7) is 3.89. The molecule has 0 aliphatic heterocycles. The highest BCUT2D eigenvalue weighted by molar-refractivity contribution is 5.75. The minimum atomic E-state index is 0.212. The van der Waals surface area contributed by atoms with Crippen molar-refractivity contribution < 1.29 is 4.79 Å². The number of hydrogen-bond acceptors (Lipinski definition) is 2. The summed E-state index contributed by atoms with van der Waals surface area (Å²) in [6, 6.07) is 0.742. The van der Waals surface area contributed by atoms with Gasteiger partial charge in [-0.25, -0.2) is 0 Å². The molecule has 3 nitrogen and oxygen atoms in total. The maximum atomic E-state index is 11.3. The third-order valence-electron chi connectivity index (χ3n) is 2.71. The fourth-order valence-electron chi connectivity index (χ4n) is 1.57. The molecule has 1 aliphatic carbocycles. The van der Waals surface area contributed by atoms with Crippen LogP contribution in [0.4, 0.5) is 0 Å². The zero-order chi connectivity index (χ0) is 10.9. The van der Waals surface area contributed by atoms with Gasteiger partial charge in [0.05, 0.1) is 0 Å². The third-order valence-corrected chi connectivity index (χ3v) is 2.71. The van der Waals surface area contributed by atoms with E-state index >= 15 is 0 Å². The molecule has 0 aromatic carbocycles. The smallest absolute Gasteiger partial charge is 0.220 e. The first kappa shape index (κ1) is 12.5. The summed E-state index contributed by atoms with van der Waals surface area (Å²) < 4.78 is 0. The third kappa shape index (κ3) is 7.37. The van der Waals surface area contributed by atoms with Crippen molar-refractivity contribution in [1.29, 1.82) is 0 Å². The maximum Gasteiger partial charge on any atom is 0.220 e. The van der Waals surface area contributed by atoms with Crippen LogP contribution in [0.15, 0.2) is 0 Å². The summed E-state index contributed by atoms with van der Waals surface area (Å²) in [5.74, 6) is 0.212. The van der Waals surface area contributed by atoms with E-state index in [1.165, 1.54) is 32.1 Å². The zero-order valence-electron chi connectivity index (χ0n) is 9.85. The lowest BCUT2D eigenvalue weighted by Crippen LogP contribution is -2.32. The SMILES string of the molecule is CCCCCCC(=O)NCCNC1CC1. The van der Waals surface area contributed by atoms with Gasteiger partial charge in [-0.2, -0.15) is 0 Å². The van der Waals surface area contributed by atoms with Crippen molar-refractivity contribution in [2.45, 2.75) is 57.9 Å². The van der Waals surface area contributed by atoms with Gasteiger partial charge in [0, 0.05) is 25.6 Å². The quantitative estimate of drug-likeness (QED) is 0.572. The van der Waals surface area contributed by atoms with E-state index in [0.29, 0.717) is 6.42 Å². The molecule has 1 saturated carbocycles. The van der Waals surface area contributed by atoms with E-state index in [9.17, 15) is 4.79 Å². The van der Waals surface area contributed by atoms with E-state index in [1.807, 2.05) is 0 Å². The molecule has 15 heavy (non-hydrogen) atoms. The highest BCUT2D eigenvalue weighted by Crippen LogP contribution is 2.17. The predicted molar refractivity (Wildman–Crippen MR) is 62.8 cm³/mol. The first-order valence-corrected chi connectivity index (χ1v) is 6.33. The average molecular weight is 212 g/mol. The first-order valence-electron chi connectivity index (χ1n) is 6.33. The molecule has 0 saturated heterocycles. The second-order valence-corrected chi connectivity index (χ2v) is 4.39. The molecule has 2 N–H and O–H groups in total. The van der Waals surface area contributed by atoms with Crippen molar-refractivity contribution in [1.82, 2.24) is 10.6 Å². The topological polar surface area (TPSA) is 41.1 Å². The Labute approximate surface area is 93.0 Å². The van der Waals surface area contributed by atoms with Crippen LogP contribution in [0.25, 0.3) is 0 Å². The summed E-state index contributed by atoms with van der Waals surface area (Å²) in [7, 11) is 0. The van der Waals surface area contributed by atoms with Gasteiger partial charge in [0.15, 0.2) is 0 Å². The first-order chi connectivity index (χ1) is 7.33. The Bertz CT molecular complexity index is 178. The fraction of sp³-hybridized carbons (Fsp3) is 0.917. The van der Waals surface area contributed by atoms with Crippen LogP contribution in [0.2, 0.25) is 0 Å². The van der Waals surface area contributed by atoms with Gasteiger partial charge in [-0.05, 0) is 19.3 Å². The molecule has 0 aromatic rings. The largest absolute Gasteiger partial charge is 0.355 e. The Hall–Kier alpha value is -0.570. The summed E-state index contributed by atoms with van der Waals surface area (Å²) in [4.78, 5) is 11.3. The molecule has 1 fully saturated rings. The molecule has 1 aliphatic rings. The lowest BCUT2D eigenvalue weighted by Gasteiger charge is -2.05. The number of unbranched alkanes of at least 4 members (excludes halogenated alkanes) is 3. The minimum absolute atomic E-state index is 0.212. The highest BCUT2D eigenvalue weighted by atomic mass is 16.1. The predicted octanol–water partition coefficient (Wildman–Crippen LogP) is 1.82. The number of carbonyl (C=O) groups excluding carboxylic acids is 1. The molecule has 3 heteroatoms. The molecule has 0 heterocycles. The van der Waals surface area contributed by atoms with E-state index in [2.05, 4.69) is 17.6 Å². The van der Waals surface area contributed by atoms with Crippen molar-refractivity contribution in [3.63, 3.8) is 0 Å². The summed E-state index contributed by atoms with van der Waals surface area (Å²) in [6.07, 6.45) is 8.02. The van der Waals surface area contributed by atoms with Crippen LogP contribution in [0, 0.1) is 0 Å². The van der Waals surface area contributed by atoms with E-state index in [-0.39, 0.29) is 5.91 Å². The summed E-state index contributed by atoms with van der Waals surface area (Å²) in [5, 5.41) is 6.31. The maximum absolute atomic E-state index is 11.3. The van der Waals surface area contributed by atoms with Crippen LogP contribution in [0.3, 0.4) is 0 Å². The molecule has 0 aromatic heterocycles. The Kier molecular flexibility index (Phi) is 6.41. The second kappa shape index (κ2) is 7.69. The number of amides is 1. The van der Waals surface area contributed by atoms with Crippen molar-refractivity contribution in [2.75, 3.05) is 13.1 Å². The van der Waals surface area contributed by atoms with Gasteiger partial charge in [-0.1, -0.05) is 26.2 Å². The molecule has 1 amide bonds. The van der Waals surface area contributed by atoms with Gasteiger partial charge in [0.25, 0.3) is 0 Å². The van der Waals surface area contributed by atoms with Crippen molar-refractivity contribution >= 4 is 5.91 Å². The van der Waals surface area contributed by atoms with Crippen LogP contribution >= 0.6 is 0 Å². The average Bonchev–Trinajstić information content (AvgIpc) is 3.03. The van der Waals surface area contributed by atoms with Crippen molar-refractivity contribution in [3.05, 3.63) is 0 Å². The van der Waals surface area contributed by atoms with E-state index in [4.69, 9.17) is 0 Å². The Balaban J connectivity index is 1.80. The van der Waals surface area contributed by atoms with Gasteiger partial charge in [0.1, 0.15) is 0 Å². The minimum Gasteiger partial charge on any atom is -0.355 e. The zero-order valence-corrected chi connectivity index (χ0v) is 9.85. The van der Waals surface area contributed by atoms with Crippen molar-refractivity contribution in [2.24, 2.45) is 0 Å². The Morgan fingerprint density at radius 2 is 2.00 bits per heavy atom. The summed E-state index contributed by atoms with van der Waals surface area (Å²) >= 11 is 0. The molecule has 0 atom stereocenters. The Morgan fingerprint density at radius 3 is 2.67 bits per heavy atom. The molecular weight excluding hydrogens is 188 g/mol. The van der Waals surface area contributed by atoms with Crippen LogP contribution in [-0.2, 0) is 4.79 Å². The molecule has 0 bridgehead atoms. The van der Waals surface area contributed by atoms with Crippen LogP contribution in [-0.4, -0.2) is 25.0 Å². The van der Waals surface area contributed by atoms with E-state index in [1.54, 1.807) is 0 Å². The standard InChI is InChI=1S/C12H24N2O/c1-2-3-4-5-6-12(15)14-10-9-13-11-7-8-11/h11,13H,2-10H2,1H3,(H,14,15). The van der Waals surface area contributed by atoms with E-state index in [0.717, 1.165) is 25.6 Å². The van der Waals surface area contributed by atoms with Crippen LogP contribution in [0.1, 0.15) is 51.9 Å². The number of carbonyl (C=O) groups is 1. The molecule has 0 unspecified atom stereocenters. The van der Waals surface area contributed by atoms with Gasteiger partial charge in [-0.3, -0.25) is 4.79 Å².